The van der Waals surface area contributed by atoms with Gasteiger partial charge in [-0.1, -0.05) is 0 Å². The molecule has 1 unspecified atom stereocenters. The fourth-order valence-corrected chi connectivity index (χ4v) is 4.29. The third kappa shape index (κ3) is 37.6. The fraction of sp³-hybridized carbons (Fsp3) is 0.756. The second-order valence-corrected chi connectivity index (χ2v) is 15.3. The summed E-state index contributed by atoms with van der Waals surface area (Å²) in [5.74, 6) is -8.09. The van der Waals surface area contributed by atoms with Gasteiger partial charge in [-0.15, -0.1) is 0 Å². The highest BCUT2D eigenvalue weighted by Gasteiger charge is 2.24. The van der Waals surface area contributed by atoms with E-state index >= 15 is 0 Å². The minimum Gasteiger partial charge on any atom is -0.464 e. The van der Waals surface area contributed by atoms with Gasteiger partial charge in [-0.2, -0.15) is 0 Å². The Morgan fingerprint density at radius 1 is 0.292 bits per heavy atom. The largest absolute Gasteiger partial charge is 0.464 e. The Balaban J connectivity index is 5.49. The molecular formula is C41H68N4O20. The molecule has 0 saturated carbocycles. The van der Waals surface area contributed by atoms with Gasteiger partial charge in [-0.25, -0.2) is 0 Å². The van der Waals surface area contributed by atoms with Crippen molar-refractivity contribution >= 4 is 59.7 Å². The number of hydrogen-bond donors (Lipinski definition) is 0. The molecule has 372 valence electrons. The highest BCUT2D eigenvalue weighted by Crippen LogP contribution is 2.09. The molecule has 0 rings (SSSR count). The minimum atomic E-state index is -1.39. The van der Waals surface area contributed by atoms with Crippen LogP contribution < -0.4 is 0 Å². The van der Waals surface area contributed by atoms with Crippen molar-refractivity contribution in [3.8, 4) is 0 Å². The lowest BCUT2D eigenvalue weighted by Crippen LogP contribution is -2.32. The molecule has 0 aliphatic heterocycles. The first-order chi connectivity index (χ1) is 30.6. The average Bonchev–Trinajstić information content (AvgIpc) is 3.23. The summed E-state index contributed by atoms with van der Waals surface area (Å²) >= 11 is 0. The first kappa shape index (κ1) is 59.5. The molecule has 0 aliphatic carbocycles. The van der Waals surface area contributed by atoms with Crippen LogP contribution in [0.1, 0.15) is 64.2 Å². The highest BCUT2D eigenvalue weighted by molar-refractivity contribution is 5.80. The van der Waals surface area contributed by atoms with Gasteiger partial charge in [0.1, 0.15) is 53.0 Å². The third-order valence-corrected chi connectivity index (χ3v) is 7.87. The summed E-state index contributed by atoms with van der Waals surface area (Å²) in [4.78, 5) is 130. The predicted octanol–water partition coefficient (Wildman–Crippen LogP) is -0.739. The van der Waals surface area contributed by atoms with E-state index in [1.54, 1.807) is 76.0 Å². The number of nitrogens with zero attached hydrogens (tertiary/aromatic N) is 4. The molecule has 65 heavy (non-hydrogen) atoms. The van der Waals surface area contributed by atoms with Crippen molar-refractivity contribution in [1.29, 1.82) is 0 Å². The summed E-state index contributed by atoms with van der Waals surface area (Å²) in [6.07, 6.45) is -6.71. The topological polar surface area (TPSA) is 276 Å². The first-order valence-electron chi connectivity index (χ1n) is 20.9. The van der Waals surface area contributed by atoms with Crippen molar-refractivity contribution in [2.75, 3.05) is 129 Å². The van der Waals surface area contributed by atoms with Crippen molar-refractivity contribution in [1.82, 2.24) is 19.6 Å². The van der Waals surface area contributed by atoms with Crippen LogP contribution in [0.2, 0.25) is 0 Å². The zero-order chi connectivity index (χ0) is 49.2. The van der Waals surface area contributed by atoms with E-state index in [1.165, 1.54) is 0 Å². The summed E-state index contributed by atoms with van der Waals surface area (Å²) in [5.41, 5.74) is 0. The Morgan fingerprint density at radius 2 is 0.508 bits per heavy atom. The molecule has 0 aliphatic rings. The van der Waals surface area contributed by atoms with Crippen molar-refractivity contribution in [2.45, 2.75) is 76.4 Å². The molecule has 0 heterocycles. The summed E-state index contributed by atoms with van der Waals surface area (Å²) in [5, 5.41) is 0. The Kier molecular flexibility index (Phi) is 32.8. The maximum Gasteiger partial charge on any atom is 0.307 e. The van der Waals surface area contributed by atoms with Crippen LogP contribution in [0.3, 0.4) is 0 Å². The summed E-state index contributed by atoms with van der Waals surface area (Å²) in [6.45, 7) is -0.738. The van der Waals surface area contributed by atoms with Gasteiger partial charge in [-0.05, 0) is 56.4 Å². The molecule has 24 heteroatoms. The molecule has 0 radical (unpaired) electrons. The van der Waals surface area contributed by atoms with Crippen LogP contribution >= 0.6 is 0 Å². The molecule has 0 N–H and O–H groups in total. The van der Waals surface area contributed by atoms with E-state index in [-0.39, 0.29) is 77.9 Å². The van der Waals surface area contributed by atoms with Crippen molar-refractivity contribution < 1.29 is 95.3 Å². The van der Waals surface area contributed by atoms with Crippen LogP contribution in [0.25, 0.3) is 0 Å². The zero-order valence-electron chi connectivity index (χ0n) is 39.0. The molecule has 0 aromatic carbocycles. The lowest BCUT2D eigenvalue weighted by molar-refractivity contribution is -0.171. The normalized spacial score (nSPS) is 11.5. The fourth-order valence-electron chi connectivity index (χ4n) is 4.29. The van der Waals surface area contributed by atoms with E-state index in [4.69, 9.17) is 47.4 Å². The lowest BCUT2D eigenvalue weighted by atomic mass is 10.3. The Hall–Kier alpha value is -5.46. The summed E-state index contributed by atoms with van der Waals surface area (Å²) < 4.78 is 51.2. The van der Waals surface area contributed by atoms with Crippen LogP contribution in [0, 0.1) is 0 Å². The molecule has 0 fully saturated rings. The SMILES string of the molecule is CN(C)CCOC(=O)CCC(=O)OCC(COC(=O)CCC(=O)OCCN(C)C)OC(=O)CCC(=O)OC(COC(=O)CCC(=O)OCCN(C)C)COC(=O)CCC(=O)OCN(C)C. The smallest absolute Gasteiger partial charge is 0.307 e. The molecule has 0 aromatic rings. The highest BCUT2D eigenvalue weighted by atomic mass is 16.6. The minimum absolute atomic E-state index is 0.00531. The lowest BCUT2D eigenvalue weighted by Gasteiger charge is -2.19. The molecule has 0 spiro atoms. The van der Waals surface area contributed by atoms with Gasteiger partial charge >= 0.3 is 59.7 Å². The van der Waals surface area contributed by atoms with Gasteiger partial charge in [0.05, 0.1) is 64.2 Å². The molecule has 0 bridgehead atoms. The molecule has 0 saturated heterocycles. The molecular weight excluding hydrogens is 868 g/mol. The quantitative estimate of drug-likeness (QED) is 0.0425. The molecule has 1 atom stereocenters. The standard InChI is InChI=1S/C41H68N4O20/c1-42(2)19-22-56-32(46)9-12-35(49)59-25-30(26-60-36(50)13-10-33(47)57-23-20-43(3)4)64-40(54)17-18-41(55)65-31(28-62-38(52)15-16-39(53)63-29-45(7)8)27-61-37(51)14-11-34(48)58-24-21-44(5)6/h30-31H,9-29H2,1-8H3. The van der Waals surface area contributed by atoms with Crippen LogP contribution in [0.5, 0.6) is 0 Å². The van der Waals surface area contributed by atoms with Crippen LogP contribution in [0.4, 0.5) is 0 Å². The maximum absolute atomic E-state index is 12.9. The number of esters is 10. The molecule has 0 amide bonds. The first-order valence-corrected chi connectivity index (χ1v) is 20.9. The van der Waals surface area contributed by atoms with Crippen molar-refractivity contribution in [2.24, 2.45) is 0 Å². The summed E-state index contributed by atoms with van der Waals surface area (Å²) in [7, 11) is 14.1. The van der Waals surface area contributed by atoms with E-state index in [0.717, 1.165) is 0 Å². The number of likely N-dealkylation sites (N-methyl/N-ethyl adjacent to an activating group) is 3. The molecule has 0 aromatic heterocycles. The van der Waals surface area contributed by atoms with Gasteiger partial charge in [0.2, 0.25) is 0 Å². The Labute approximate surface area is 379 Å². The van der Waals surface area contributed by atoms with Gasteiger partial charge in [0.25, 0.3) is 0 Å². The van der Waals surface area contributed by atoms with Crippen LogP contribution in [0.15, 0.2) is 0 Å². The monoisotopic (exact) mass is 936 g/mol. The molecule has 24 nitrogen and oxygen atoms in total. The maximum atomic E-state index is 12.9. The number of hydrogen-bond acceptors (Lipinski definition) is 24. The van der Waals surface area contributed by atoms with Gasteiger partial charge in [-0.3, -0.25) is 52.8 Å². The van der Waals surface area contributed by atoms with Gasteiger partial charge in [0.15, 0.2) is 12.2 Å². The number of rotatable bonds is 36. The van der Waals surface area contributed by atoms with Gasteiger partial charge < -0.3 is 62.1 Å². The Bertz CT molecular complexity index is 1460. The second kappa shape index (κ2) is 35.8. The summed E-state index contributed by atoms with van der Waals surface area (Å²) in [6, 6.07) is 0. The van der Waals surface area contributed by atoms with Crippen LogP contribution in [-0.2, 0) is 95.3 Å². The number of carbonyl (C=O) groups is 10. The second-order valence-electron chi connectivity index (χ2n) is 15.3. The number of carbonyl (C=O) groups excluding carboxylic acids is 10. The average molecular weight is 937 g/mol. The predicted molar refractivity (Wildman–Crippen MR) is 223 cm³/mol. The van der Waals surface area contributed by atoms with Gasteiger partial charge in [0, 0.05) is 19.6 Å². The number of ether oxygens (including phenoxy) is 10. The van der Waals surface area contributed by atoms with Crippen LogP contribution in [-0.4, -0.2) is 220 Å². The van der Waals surface area contributed by atoms with Crippen molar-refractivity contribution in [3.05, 3.63) is 0 Å². The third-order valence-electron chi connectivity index (χ3n) is 7.87. The van der Waals surface area contributed by atoms with E-state index in [2.05, 4.69) is 0 Å². The Morgan fingerprint density at radius 3 is 0.738 bits per heavy atom. The van der Waals surface area contributed by atoms with E-state index in [1.807, 2.05) is 0 Å². The van der Waals surface area contributed by atoms with E-state index in [0.29, 0.717) is 19.6 Å². The van der Waals surface area contributed by atoms with Crippen molar-refractivity contribution in [3.63, 3.8) is 0 Å². The van der Waals surface area contributed by atoms with E-state index < -0.39 is 111 Å². The zero-order valence-corrected chi connectivity index (χ0v) is 39.0. The van der Waals surface area contributed by atoms with E-state index in [9.17, 15) is 47.9 Å².